The molecule has 0 atom stereocenters. The van der Waals surface area contributed by atoms with E-state index in [4.69, 9.17) is 15.7 Å². The van der Waals surface area contributed by atoms with Gasteiger partial charge >= 0.3 is 0 Å². The first kappa shape index (κ1) is 10.9. The Bertz CT molecular complexity index is 589. The number of nitriles is 1. The molecule has 0 aliphatic rings. The molecule has 5 nitrogen and oxygen atoms in total. The summed E-state index contributed by atoms with van der Waals surface area (Å²) in [4.78, 5) is 7.82. The van der Waals surface area contributed by atoms with Crippen LogP contribution in [0.3, 0.4) is 0 Å². The van der Waals surface area contributed by atoms with Gasteiger partial charge in [-0.15, -0.1) is 0 Å². The van der Waals surface area contributed by atoms with Crippen LogP contribution in [0.2, 0.25) is 0 Å². The van der Waals surface area contributed by atoms with Crippen LogP contribution in [-0.4, -0.2) is 9.97 Å². The molecule has 0 spiro atoms. The molecule has 0 unspecified atom stereocenters. The van der Waals surface area contributed by atoms with Gasteiger partial charge in [-0.3, -0.25) is 0 Å². The Morgan fingerprint density at radius 1 is 1.35 bits per heavy atom. The van der Waals surface area contributed by atoms with Gasteiger partial charge in [0, 0.05) is 11.8 Å². The number of hydrogen-bond donors (Lipinski definition) is 1. The van der Waals surface area contributed by atoms with Crippen molar-refractivity contribution in [1.82, 2.24) is 9.97 Å². The normalized spacial score (nSPS) is 9.65. The molecular formula is C12H10N4O. The number of nitrogen functional groups attached to an aromatic ring is 1. The van der Waals surface area contributed by atoms with Crippen molar-refractivity contribution in [2.24, 2.45) is 0 Å². The van der Waals surface area contributed by atoms with Crippen LogP contribution in [0.5, 0.6) is 11.6 Å². The van der Waals surface area contributed by atoms with Crippen LogP contribution < -0.4 is 10.5 Å². The Labute approximate surface area is 98.5 Å². The predicted molar refractivity (Wildman–Crippen MR) is 62.4 cm³/mol. The third-order valence-corrected chi connectivity index (χ3v) is 2.16. The Hall–Kier alpha value is -2.61. The van der Waals surface area contributed by atoms with E-state index in [1.807, 2.05) is 6.92 Å². The fourth-order valence-corrected chi connectivity index (χ4v) is 1.29. The molecule has 0 saturated heterocycles. The summed E-state index contributed by atoms with van der Waals surface area (Å²) in [5.41, 5.74) is 6.69. The third-order valence-electron chi connectivity index (χ3n) is 2.16. The number of aromatic nitrogens is 2. The van der Waals surface area contributed by atoms with E-state index in [2.05, 4.69) is 16.0 Å². The number of benzene rings is 1. The molecule has 0 amide bonds. The van der Waals surface area contributed by atoms with Crippen molar-refractivity contribution in [1.29, 1.82) is 5.26 Å². The Morgan fingerprint density at radius 2 is 2.12 bits per heavy atom. The van der Waals surface area contributed by atoms with Gasteiger partial charge in [-0.1, -0.05) is 12.1 Å². The van der Waals surface area contributed by atoms with Gasteiger partial charge in [0.15, 0.2) is 0 Å². The average Bonchev–Trinajstić information content (AvgIpc) is 2.34. The van der Waals surface area contributed by atoms with E-state index in [0.29, 0.717) is 17.2 Å². The molecule has 1 aromatic heterocycles. The zero-order valence-corrected chi connectivity index (χ0v) is 9.21. The highest BCUT2D eigenvalue weighted by atomic mass is 16.5. The molecule has 0 aliphatic carbocycles. The summed E-state index contributed by atoms with van der Waals surface area (Å²) in [6, 6.07) is 8.99. The summed E-state index contributed by atoms with van der Waals surface area (Å²) in [5, 5.41) is 8.93. The maximum atomic E-state index is 8.93. The smallest absolute Gasteiger partial charge is 0.227 e. The number of ether oxygens (including phenoxy) is 1. The SMILES string of the molecule is Cc1cnc(N)nc1Oc1ccccc1C#N. The van der Waals surface area contributed by atoms with Crippen LogP contribution in [0.25, 0.3) is 0 Å². The molecule has 0 saturated carbocycles. The first-order valence-corrected chi connectivity index (χ1v) is 4.97. The minimum absolute atomic E-state index is 0.139. The molecule has 1 heterocycles. The maximum absolute atomic E-state index is 8.93. The molecule has 17 heavy (non-hydrogen) atoms. The van der Waals surface area contributed by atoms with Gasteiger partial charge in [-0.25, -0.2) is 4.98 Å². The molecule has 2 rings (SSSR count). The molecule has 0 fully saturated rings. The van der Waals surface area contributed by atoms with E-state index in [9.17, 15) is 0 Å². The molecule has 0 aliphatic heterocycles. The molecule has 0 radical (unpaired) electrons. The van der Waals surface area contributed by atoms with Crippen molar-refractivity contribution in [2.45, 2.75) is 6.92 Å². The molecule has 0 bridgehead atoms. The molecular weight excluding hydrogens is 216 g/mol. The lowest BCUT2D eigenvalue weighted by Gasteiger charge is -2.08. The molecule has 2 N–H and O–H groups in total. The summed E-state index contributed by atoms with van der Waals surface area (Å²) in [6.45, 7) is 1.81. The van der Waals surface area contributed by atoms with Crippen molar-refractivity contribution < 1.29 is 4.74 Å². The topological polar surface area (TPSA) is 84.8 Å². The van der Waals surface area contributed by atoms with Crippen molar-refractivity contribution in [3.8, 4) is 17.7 Å². The molecule has 1 aromatic carbocycles. The molecule has 84 valence electrons. The summed E-state index contributed by atoms with van der Waals surface area (Å²) >= 11 is 0. The number of para-hydroxylation sites is 1. The highest BCUT2D eigenvalue weighted by Crippen LogP contribution is 2.25. The van der Waals surface area contributed by atoms with Gasteiger partial charge in [0.1, 0.15) is 11.8 Å². The fourth-order valence-electron chi connectivity index (χ4n) is 1.29. The van der Waals surface area contributed by atoms with Gasteiger partial charge in [-0.05, 0) is 19.1 Å². The van der Waals surface area contributed by atoms with Crippen LogP contribution in [0.15, 0.2) is 30.5 Å². The zero-order valence-electron chi connectivity index (χ0n) is 9.21. The van der Waals surface area contributed by atoms with E-state index in [1.165, 1.54) is 0 Å². The molecule has 5 heteroatoms. The first-order chi connectivity index (χ1) is 8.20. The second kappa shape index (κ2) is 4.49. The number of hydrogen-bond acceptors (Lipinski definition) is 5. The Kier molecular flexibility index (Phi) is 2.88. The number of aryl methyl sites for hydroxylation is 1. The summed E-state index contributed by atoms with van der Waals surface area (Å²) in [6.07, 6.45) is 1.58. The second-order valence-corrected chi connectivity index (χ2v) is 3.43. The van der Waals surface area contributed by atoms with Crippen molar-refractivity contribution in [2.75, 3.05) is 5.73 Å². The first-order valence-electron chi connectivity index (χ1n) is 4.97. The summed E-state index contributed by atoms with van der Waals surface area (Å²) in [5.74, 6) is 0.955. The van der Waals surface area contributed by atoms with Crippen molar-refractivity contribution in [3.05, 3.63) is 41.6 Å². The van der Waals surface area contributed by atoms with Crippen LogP contribution in [0.1, 0.15) is 11.1 Å². The van der Waals surface area contributed by atoms with Gasteiger partial charge in [0.2, 0.25) is 11.8 Å². The van der Waals surface area contributed by atoms with Crippen molar-refractivity contribution in [3.63, 3.8) is 0 Å². The number of nitrogens with two attached hydrogens (primary N) is 1. The van der Waals surface area contributed by atoms with Gasteiger partial charge < -0.3 is 10.5 Å². The van der Waals surface area contributed by atoms with Crippen LogP contribution in [0, 0.1) is 18.3 Å². The fraction of sp³-hybridized carbons (Fsp3) is 0.0833. The molecule has 2 aromatic rings. The lowest BCUT2D eigenvalue weighted by atomic mass is 10.2. The van der Waals surface area contributed by atoms with Crippen LogP contribution in [0.4, 0.5) is 5.95 Å². The lowest BCUT2D eigenvalue weighted by Crippen LogP contribution is -1.99. The van der Waals surface area contributed by atoms with E-state index in [1.54, 1.807) is 30.5 Å². The van der Waals surface area contributed by atoms with E-state index < -0.39 is 0 Å². The maximum Gasteiger partial charge on any atom is 0.227 e. The lowest BCUT2D eigenvalue weighted by molar-refractivity contribution is 0.457. The Morgan fingerprint density at radius 3 is 2.88 bits per heavy atom. The average molecular weight is 226 g/mol. The van der Waals surface area contributed by atoms with Crippen LogP contribution >= 0.6 is 0 Å². The van der Waals surface area contributed by atoms with E-state index in [0.717, 1.165) is 5.56 Å². The minimum atomic E-state index is 0.139. The summed E-state index contributed by atoms with van der Waals surface area (Å²) < 4.78 is 5.56. The quantitative estimate of drug-likeness (QED) is 0.846. The van der Waals surface area contributed by atoms with E-state index >= 15 is 0 Å². The minimum Gasteiger partial charge on any atom is -0.437 e. The summed E-state index contributed by atoms with van der Waals surface area (Å²) in [7, 11) is 0. The van der Waals surface area contributed by atoms with E-state index in [-0.39, 0.29) is 5.95 Å². The zero-order chi connectivity index (χ0) is 12.3. The Balaban J connectivity index is 2.38. The number of rotatable bonds is 2. The highest BCUT2D eigenvalue weighted by molar-refractivity contribution is 5.45. The predicted octanol–water partition coefficient (Wildman–Crippen LogP) is 2.03. The van der Waals surface area contributed by atoms with Crippen LogP contribution in [-0.2, 0) is 0 Å². The highest BCUT2D eigenvalue weighted by Gasteiger charge is 2.07. The second-order valence-electron chi connectivity index (χ2n) is 3.43. The largest absolute Gasteiger partial charge is 0.437 e. The van der Waals surface area contributed by atoms with Gasteiger partial charge in [0.25, 0.3) is 0 Å². The number of anilines is 1. The monoisotopic (exact) mass is 226 g/mol. The standard InChI is InChI=1S/C12H10N4O/c1-8-7-15-12(14)16-11(8)17-10-5-3-2-4-9(10)6-13/h2-5,7H,1H3,(H2,14,15,16). The third kappa shape index (κ3) is 2.32. The van der Waals surface area contributed by atoms with Crippen molar-refractivity contribution >= 4 is 5.95 Å². The van der Waals surface area contributed by atoms with Gasteiger partial charge in [0.05, 0.1) is 5.56 Å². The van der Waals surface area contributed by atoms with Gasteiger partial charge in [-0.2, -0.15) is 10.2 Å². The number of nitrogens with zero attached hydrogens (tertiary/aromatic N) is 3.